The molecule has 7 nitrogen and oxygen atoms in total. The average Bonchev–Trinajstić information content (AvgIpc) is 2.55. The minimum Gasteiger partial charge on any atom is -0.348 e. The highest BCUT2D eigenvalue weighted by Gasteiger charge is 2.10. The zero-order chi connectivity index (χ0) is 17.5. The van der Waals surface area contributed by atoms with E-state index in [0.29, 0.717) is 11.5 Å². The predicted molar refractivity (Wildman–Crippen MR) is 93.3 cm³/mol. The second kappa shape index (κ2) is 8.05. The highest BCUT2D eigenvalue weighted by atomic mass is 16.2. The number of amides is 2. The summed E-state index contributed by atoms with van der Waals surface area (Å²) in [5.41, 5.74) is 1.71. The summed E-state index contributed by atoms with van der Waals surface area (Å²) in [5.74, 6) is 0.134. The largest absolute Gasteiger partial charge is 0.348 e. The summed E-state index contributed by atoms with van der Waals surface area (Å²) in [7, 11) is 0. The Hall–Kier alpha value is -2.96. The number of nitrogens with zero attached hydrogens (tertiary/aromatic N) is 2. The summed E-state index contributed by atoms with van der Waals surface area (Å²) in [6.45, 7) is 5.39. The molecule has 0 fully saturated rings. The minimum atomic E-state index is -0.240. The van der Waals surface area contributed by atoms with Gasteiger partial charge in [0.25, 0.3) is 5.91 Å². The first-order chi connectivity index (χ1) is 11.5. The molecule has 1 aromatic heterocycles. The lowest BCUT2D eigenvalue weighted by molar-refractivity contribution is -0.114. The van der Waals surface area contributed by atoms with Gasteiger partial charge in [-0.2, -0.15) is 0 Å². The first-order valence-corrected chi connectivity index (χ1v) is 7.77. The predicted octanol–water partition coefficient (Wildman–Crippen LogP) is 2.71. The molecule has 0 saturated carbocycles. The van der Waals surface area contributed by atoms with E-state index < -0.39 is 0 Å². The van der Waals surface area contributed by atoms with Gasteiger partial charge >= 0.3 is 0 Å². The van der Waals surface area contributed by atoms with Crippen molar-refractivity contribution in [2.45, 2.75) is 33.2 Å². The van der Waals surface area contributed by atoms with Gasteiger partial charge in [0.2, 0.25) is 5.91 Å². The maximum Gasteiger partial charge on any atom is 0.272 e. The van der Waals surface area contributed by atoms with E-state index >= 15 is 0 Å². The lowest BCUT2D eigenvalue weighted by Crippen LogP contribution is -2.32. The van der Waals surface area contributed by atoms with Crippen LogP contribution in [0.1, 0.15) is 37.7 Å². The molecule has 0 aliphatic heterocycles. The Kier molecular flexibility index (Phi) is 5.83. The first kappa shape index (κ1) is 17.4. The normalized spacial score (nSPS) is 11.5. The topological polar surface area (TPSA) is 96.0 Å². The number of hydrogen-bond donors (Lipinski definition) is 3. The van der Waals surface area contributed by atoms with E-state index in [1.807, 2.05) is 26.0 Å². The SMILES string of the molecule is CCC(C)NC(=O)c1ccc(Nc2cccc(NC(C)=O)c2)nn1. The van der Waals surface area contributed by atoms with Crippen molar-refractivity contribution in [1.29, 1.82) is 0 Å². The van der Waals surface area contributed by atoms with Crippen molar-refractivity contribution in [2.75, 3.05) is 10.6 Å². The van der Waals surface area contributed by atoms with Crippen LogP contribution in [0.25, 0.3) is 0 Å². The van der Waals surface area contributed by atoms with E-state index in [1.165, 1.54) is 6.92 Å². The molecule has 2 amide bonds. The fraction of sp³-hybridized carbons (Fsp3) is 0.294. The summed E-state index contributed by atoms with van der Waals surface area (Å²) >= 11 is 0. The molecule has 1 heterocycles. The van der Waals surface area contributed by atoms with Gasteiger partial charge in [0, 0.05) is 24.3 Å². The van der Waals surface area contributed by atoms with Gasteiger partial charge in [-0.15, -0.1) is 10.2 Å². The standard InChI is InChI=1S/C17H21N5O2/c1-4-11(2)18-17(24)15-8-9-16(22-21-15)20-14-7-5-6-13(10-14)19-12(3)23/h5-11H,4H2,1-3H3,(H,18,24)(H,19,23)(H,20,22). The fourth-order valence-electron chi connectivity index (χ4n) is 1.95. The van der Waals surface area contributed by atoms with Gasteiger partial charge in [0.05, 0.1) is 0 Å². The van der Waals surface area contributed by atoms with Gasteiger partial charge < -0.3 is 16.0 Å². The lowest BCUT2D eigenvalue weighted by atomic mass is 10.2. The molecule has 0 saturated heterocycles. The molecule has 0 aliphatic rings. The highest BCUT2D eigenvalue weighted by molar-refractivity contribution is 5.92. The van der Waals surface area contributed by atoms with E-state index in [2.05, 4.69) is 26.1 Å². The number of rotatable bonds is 6. The van der Waals surface area contributed by atoms with E-state index in [9.17, 15) is 9.59 Å². The van der Waals surface area contributed by atoms with Crippen LogP contribution in [0.5, 0.6) is 0 Å². The fourth-order valence-corrected chi connectivity index (χ4v) is 1.95. The highest BCUT2D eigenvalue weighted by Crippen LogP contribution is 2.18. The average molecular weight is 327 g/mol. The maximum atomic E-state index is 12.0. The number of nitrogens with one attached hydrogen (secondary N) is 3. The van der Waals surface area contributed by atoms with Gasteiger partial charge in [-0.25, -0.2) is 0 Å². The van der Waals surface area contributed by atoms with Crippen molar-refractivity contribution in [1.82, 2.24) is 15.5 Å². The molecule has 0 radical (unpaired) electrons. The van der Waals surface area contributed by atoms with Crippen LogP contribution in [0, 0.1) is 0 Å². The van der Waals surface area contributed by atoms with Crippen LogP contribution in [-0.2, 0) is 4.79 Å². The van der Waals surface area contributed by atoms with Crippen molar-refractivity contribution < 1.29 is 9.59 Å². The molecule has 1 aromatic carbocycles. The molecule has 24 heavy (non-hydrogen) atoms. The Morgan fingerprint density at radius 2 is 1.88 bits per heavy atom. The third-order valence-corrected chi connectivity index (χ3v) is 3.34. The Balaban J connectivity index is 2.04. The van der Waals surface area contributed by atoms with Crippen LogP contribution in [-0.4, -0.2) is 28.1 Å². The number of aromatic nitrogens is 2. The molecule has 7 heteroatoms. The quantitative estimate of drug-likeness (QED) is 0.758. The molecule has 2 rings (SSSR count). The van der Waals surface area contributed by atoms with Crippen LogP contribution in [0.4, 0.5) is 17.2 Å². The smallest absolute Gasteiger partial charge is 0.272 e. The molecule has 0 aliphatic carbocycles. The Bertz CT molecular complexity index is 715. The second-order valence-electron chi connectivity index (χ2n) is 5.47. The van der Waals surface area contributed by atoms with Crippen molar-refractivity contribution in [3.63, 3.8) is 0 Å². The zero-order valence-electron chi connectivity index (χ0n) is 14.0. The Labute approximate surface area is 140 Å². The van der Waals surface area contributed by atoms with E-state index in [4.69, 9.17) is 0 Å². The number of benzene rings is 1. The minimum absolute atomic E-state index is 0.0913. The number of carbonyl (C=O) groups is 2. The third kappa shape index (κ3) is 5.05. The summed E-state index contributed by atoms with van der Waals surface area (Å²) in [4.78, 5) is 23.0. The number of anilines is 3. The number of hydrogen-bond acceptors (Lipinski definition) is 5. The van der Waals surface area contributed by atoms with Crippen LogP contribution >= 0.6 is 0 Å². The molecule has 0 spiro atoms. The Morgan fingerprint density at radius 3 is 2.50 bits per heavy atom. The zero-order valence-corrected chi connectivity index (χ0v) is 14.0. The molecule has 1 atom stereocenters. The molecule has 2 aromatic rings. The maximum absolute atomic E-state index is 12.0. The summed E-state index contributed by atoms with van der Waals surface area (Å²) in [6.07, 6.45) is 0.851. The monoisotopic (exact) mass is 327 g/mol. The van der Waals surface area contributed by atoms with Crippen molar-refractivity contribution >= 4 is 29.0 Å². The summed E-state index contributed by atoms with van der Waals surface area (Å²) < 4.78 is 0. The summed E-state index contributed by atoms with van der Waals surface area (Å²) in [6, 6.07) is 10.6. The van der Waals surface area contributed by atoms with Gasteiger partial charge in [-0.05, 0) is 43.7 Å². The molecule has 126 valence electrons. The van der Waals surface area contributed by atoms with Crippen LogP contribution < -0.4 is 16.0 Å². The summed E-state index contributed by atoms with van der Waals surface area (Å²) in [5, 5.41) is 16.6. The van der Waals surface area contributed by atoms with Gasteiger partial charge in [-0.1, -0.05) is 13.0 Å². The second-order valence-corrected chi connectivity index (χ2v) is 5.47. The van der Waals surface area contributed by atoms with Gasteiger partial charge in [0.15, 0.2) is 11.5 Å². The molecule has 1 unspecified atom stereocenters. The van der Waals surface area contributed by atoms with Crippen LogP contribution in [0.3, 0.4) is 0 Å². The van der Waals surface area contributed by atoms with E-state index in [0.717, 1.165) is 12.1 Å². The lowest BCUT2D eigenvalue weighted by Gasteiger charge is -2.11. The van der Waals surface area contributed by atoms with E-state index in [1.54, 1.807) is 24.3 Å². The molecular formula is C17H21N5O2. The Morgan fingerprint density at radius 1 is 1.12 bits per heavy atom. The molecular weight excluding hydrogens is 306 g/mol. The van der Waals surface area contributed by atoms with Crippen molar-refractivity contribution in [3.8, 4) is 0 Å². The molecule has 0 bridgehead atoms. The van der Waals surface area contributed by atoms with Crippen LogP contribution in [0.15, 0.2) is 36.4 Å². The third-order valence-electron chi connectivity index (χ3n) is 3.34. The first-order valence-electron chi connectivity index (χ1n) is 7.77. The molecule has 3 N–H and O–H groups in total. The van der Waals surface area contributed by atoms with Crippen molar-refractivity contribution in [2.24, 2.45) is 0 Å². The van der Waals surface area contributed by atoms with Gasteiger partial charge in [-0.3, -0.25) is 9.59 Å². The van der Waals surface area contributed by atoms with Crippen LogP contribution in [0.2, 0.25) is 0 Å². The van der Waals surface area contributed by atoms with Gasteiger partial charge in [0.1, 0.15) is 0 Å². The van der Waals surface area contributed by atoms with Crippen molar-refractivity contribution in [3.05, 3.63) is 42.1 Å². The van der Waals surface area contributed by atoms with E-state index in [-0.39, 0.29) is 23.6 Å². The number of carbonyl (C=O) groups excluding carboxylic acids is 2.